The molecule has 0 aromatic heterocycles. The average Bonchev–Trinajstić information content (AvgIpc) is 3.05. The first-order chi connectivity index (χ1) is 16.8. The number of rotatable bonds is 7. The van der Waals surface area contributed by atoms with Crippen LogP contribution >= 0.6 is 12.2 Å². The number of nitrogens with one attached hydrogen (secondary N) is 2. The van der Waals surface area contributed by atoms with Crippen molar-refractivity contribution in [2.24, 2.45) is 0 Å². The summed E-state index contributed by atoms with van der Waals surface area (Å²) >= 11 is 5.46. The summed E-state index contributed by atoms with van der Waals surface area (Å²) in [5, 5.41) is 3.53. The minimum absolute atomic E-state index is 0.0105. The van der Waals surface area contributed by atoms with Crippen LogP contribution in [0, 0.1) is 11.6 Å². The van der Waals surface area contributed by atoms with Gasteiger partial charge in [0, 0.05) is 5.56 Å². The third kappa shape index (κ3) is 5.49. The van der Waals surface area contributed by atoms with E-state index in [1.54, 1.807) is 6.07 Å². The van der Waals surface area contributed by atoms with Crippen molar-refractivity contribution in [1.82, 2.24) is 15.3 Å². The van der Waals surface area contributed by atoms with Gasteiger partial charge in [0.1, 0.15) is 17.7 Å². The van der Waals surface area contributed by atoms with Gasteiger partial charge in [0.15, 0.2) is 5.11 Å². The van der Waals surface area contributed by atoms with Crippen molar-refractivity contribution < 1.29 is 23.2 Å². The van der Waals surface area contributed by atoms with Crippen LogP contribution < -0.4 is 10.7 Å². The molecule has 1 heterocycles. The summed E-state index contributed by atoms with van der Waals surface area (Å²) < 4.78 is 27.6. The standard InChI is InChI=1S/C25H20F2N4O3S/c26-18-10-6-9-17(13-18)23(33)29-31-21(14-22(32)28-20-12-5-4-11-19(20)27)24(34)30(25(31)35)15-16-7-2-1-3-8-16/h1-13,21H,14-15H2,(H,28,32)(H,29,33). The number of hydrogen-bond acceptors (Lipinski definition) is 4. The zero-order chi connectivity index (χ0) is 24.9. The molecule has 0 bridgehead atoms. The van der Waals surface area contributed by atoms with Crippen LogP contribution in [-0.4, -0.2) is 38.8 Å². The fraction of sp³-hybridized carbons (Fsp3) is 0.120. The largest absolute Gasteiger partial charge is 0.324 e. The summed E-state index contributed by atoms with van der Waals surface area (Å²) in [6, 6.07) is 18.5. The molecular formula is C25H20F2N4O3S. The van der Waals surface area contributed by atoms with Crippen LogP contribution in [0.4, 0.5) is 14.5 Å². The Balaban J connectivity index is 1.57. The third-order valence-corrected chi connectivity index (χ3v) is 5.74. The highest BCUT2D eigenvalue weighted by Gasteiger charge is 2.44. The first-order valence-electron chi connectivity index (χ1n) is 10.6. The van der Waals surface area contributed by atoms with E-state index in [9.17, 15) is 23.2 Å². The summed E-state index contributed by atoms with van der Waals surface area (Å²) in [5.41, 5.74) is 3.28. The molecular weight excluding hydrogens is 474 g/mol. The van der Waals surface area contributed by atoms with Gasteiger partial charge in [-0.3, -0.25) is 24.7 Å². The Kier molecular flexibility index (Phi) is 7.11. The minimum atomic E-state index is -1.18. The molecule has 1 atom stereocenters. The topological polar surface area (TPSA) is 81.8 Å². The number of nitrogens with zero attached hydrogens (tertiary/aromatic N) is 2. The van der Waals surface area contributed by atoms with Gasteiger partial charge in [0.2, 0.25) is 5.91 Å². The van der Waals surface area contributed by atoms with Gasteiger partial charge in [-0.2, -0.15) is 0 Å². The lowest BCUT2D eigenvalue weighted by atomic mass is 10.1. The predicted molar refractivity (Wildman–Crippen MR) is 129 cm³/mol. The Bertz CT molecular complexity index is 1290. The van der Waals surface area contributed by atoms with Crippen molar-refractivity contribution in [3.8, 4) is 0 Å². The molecule has 10 heteroatoms. The first kappa shape index (κ1) is 24.0. The highest BCUT2D eigenvalue weighted by Crippen LogP contribution is 2.23. The first-order valence-corrected chi connectivity index (χ1v) is 11.0. The lowest BCUT2D eigenvalue weighted by Crippen LogP contribution is -2.49. The number of thiocarbonyl (C=S) groups is 1. The molecule has 4 rings (SSSR count). The molecule has 1 aliphatic rings. The number of carbonyl (C=O) groups excluding carboxylic acids is 3. The molecule has 1 fully saturated rings. The quantitative estimate of drug-likeness (QED) is 0.491. The molecule has 35 heavy (non-hydrogen) atoms. The lowest BCUT2D eigenvalue weighted by Gasteiger charge is -2.24. The number of amides is 3. The maximum atomic E-state index is 14.0. The molecule has 7 nitrogen and oxygen atoms in total. The Morgan fingerprint density at radius 3 is 2.37 bits per heavy atom. The lowest BCUT2D eigenvalue weighted by molar-refractivity contribution is -0.131. The van der Waals surface area contributed by atoms with Crippen molar-refractivity contribution >= 4 is 40.7 Å². The van der Waals surface area contributed by atoms with Gasteiger partial charge in [-0.1, -0.05) is 48.5 Å². The summed E-state index contributed by atoms with van der Waals surface area (Å²) in [6.07, 6.45) is -0.415. The predicted octanol–water partition coefficient (Wildman–Crippen LogP) is 3.64. The van der Waals surface area contributed by atoms with Crippen LogP contribution in [0.25, 0.3) is 0 Å². The zero-order valence-corrected chi connectivity index (χ0v) is 19.1. The second-order valence-corrected chi connectivity index (χ2v) is 8.13. The normalized spacial score (nSPS) is 15.3. The van der Waals surface area contributed by atoms with E-state index in [4.69, 9.17) is 12.2 Å². The average molecular weight is 495 g/mol. The number of anilines is 1. The van der Waals surface area contributed by atoms with Crippen LogP contribution in [0.15, 0.2) is 78.9 Å². The van der Waals surface area contributed by atoms with E-state index < -0.39 is 41.8 Å². The number of carbonyl (C=O) groups is 3. The Morgan fingerprint density at radius 2 is 1.66 bits per heavy atom. The highest BCUT2D eigenvalue weighted by atomic mass is 32.1. The maximum Gasteiger partial charge on any atom is 0.269 e. The Morgan fingerprint density at radius 1 is 0.943 bits per heavy atom. The van der Waals surface area contributed by atoms with E-state index in [0.717, 1.165) is 16.6 Å². The maximum absolute atomic E-state index is 14.0. The SMILES string of the molecule is O=C(CC1C(=O)N(Cc2ccccc2)C(=S)N1NC(=O)c1cccc(F)c1)Nc1ccccc1F. The molecule has 0 radical (unpaired) electrons. The van der Waals surface area contributed by atoms with Crippen LogP contribution in [-0.2, 0) is 16.1 Å². The van der Waals surface area contributed by atoms with Gasteiger partial charge < -0.3 is 5.32 Å². The molecule has 2 N–H and O–H groups in total. The Labute approximate surface area is 205 Å². The van der Waals surface area contributed by atoms with Crippen molar-refractivity contribution in [3.05, 3.63) is 102 Å². The molecule has 178 valence electrons. The monoisotopic (exact) mass is 494 g/mol. The van der Waals surface area contributed by atoms with Crippen LogP contribution in [0.1, 0.15) is 22.3 Å². The van der Waals surface area contributed by atoms with Crippen LogP contribution in [0.2, 0.25) is 0 Å². The van der Waals surface area contributed by atoms with Gasteiger partial charge in [-0.05, 0) is 48.1 Å². The highest BCUT2D eigenvalue weighted by molar-refractivity contribution is 7.80. The smallest absolute Gasteiger partial charge is 0.269 e. The number of hydrazine groups is 1. The van der Waals surface area contributed by atoms with Crippen molar-refractivity contribution in [2.45, 2.75) is 19.0 Å². The number of para-hydroxylation sites is 1. The van der Waals surface area contributed by atoms with Crippen molar-refractivity contribution in [2.75, 3.05) is 5.32 Å². The van der Waals surface area contributed by atoms with Gasteiger partial charge in [0.25, 0.3) is 11.8 Å². The molecule has 3 aromatic rings. The number of hydrogen-bond donors (Lipinski definition) is 2. The molecule has 1 saturated heterocycles. The van der Waals surface area contributed by atoms with E-state index >= 15 is 0 Å². The van der Waals surface area contributed by atoms with E-state index in [2.05, 4.69) is 10.7 Å². The third-order valence-electron chi connectivity index (χ3n) is 5.32. The summed E-state index contributed by atoms with van der Waals surface area (Å²) in [5.74, 6) is -3.11. The van der Waals surface area contributed by atoms with Gasteiger partial charge in [0.05, 0.1) is 18.7 Å². The number of benzene rings is 3. The zero-order valence-electron chi connectivity index (χ0n) is 18.3. The minimum Gasteiger partial charge on any atom is -0.324 e. The molecule has 0 aliphatic carbocycles. The fourth-order valence-electron chi connectivity index (χ4n) is 3.61. The summed E-state index contributed by atoms with van der Waals surface area (Å²) in [6.45, 7) is 0.121. The molecule has 0 saturated carbocycles. The molecule has 1 aliphatic heterocycles. The number of halogens is 2. The van der Waals surface area contributed by atoms with Crippen LogP contribution in [0.5, 0.6) is 0 Å². The van der Waals surface area contributed by atoms with E-state index in [-0.39, 0.29) is 22.9 Å². The molecule has 0 spiro atoms. The second-order valence-electron chi connectivity index (χ2n) is 7.76. The molecule has 1 unspecified atom stereocenters. The van der Waals surface area contributed by atoms with Crippen molar-refractivity contribution in [3.63, 3.8) is 0 Å². The second kappa shape index (κ2) is 10.4. The van der Waals surface area contributed by atoms with Gasteiger partial charge >= 0.3 is 0 Å². The Hall–Kier alpha value is -4.18. The van der Waals surface area contributed by atoms with E-state index in [1.807, 2.05) is 30.3 Å². The fourth-order valence-corrected chi connectivity index (χ4v) is 3.93. The van der Waals surface area contributed by atoms with Gasteiger partial charge in [-0.15, -0.1) is 0 Å². The van der Waals surface area contributed by atoms with Crippen molar-refractivity contribution in [1.29, 1.82) is 0 Å². The van der Waals surface area contributed by atoms with E-state index in [0.29, 0.717) is 0 Å². The van der Waals surface area contributed by atoms with Gasteiger partial charge in [-0.25, -0.2) is 13.8 Å². The summed E-state index contributed by atoms with van der Waals surface area (Å²) in [4.78, 5) is 40.0. The summed E-state index contributed by atoms with van der Waals surface area (Å²) in [7, 11) is 0. The van der Waals surface area contributed by atoms with E-state index in [1.165, 1.54) is 41.3 Å². The van der Waals surface area contributed by atoms with Crippen LogP contribution in [0.3, 0.4) is 0 Å². The molecule has 3 aromatic carbocycles. The molecule has 3 amide bonds.